The normalized spacial score (nSPS) is 26.3. The van der Waals surface area contributed by atoms with Crippen LogP contribution in [-0.2, 0) is 9.59 Å². The van der Waals surface area contributed by atoms with Crippen LogP contribution in [0.5, 0.6) is 0 Å². The van der Waals surface area contributed by atoms with Crippen molar-refractivity contribution in [3.05, 3.63) is 0 Å². The molecule has 1 saturated heterocycles. The van der Waals surface area contributed by atoms with Gasteiger partial charge in [-0.05, 0) is 19.9 Å². The second-order valence-corrected chi connectivity index (χ2v) is 6.87. The van der Waals surface area contributed by atoms with E-state index in [1.807, 2.05) is 7.05 Å². The van der Waals surface area contributed by atoms with Crippen LogP contribution in [0.15, 0.2) is 0 Å². The van der Waals surface area contributed by atoms with E-state index in [0.29, 0.717) is 32.5 Å². The summed E-state index contributed by atoms with van der Waals surface area (Å²) in [6, 6.07) is 0. The van der Waals surface area contributed by atoms with Crippen molar-refractivity contribution in [2.75, 3.05) is 40.3 Å². The van der Waals surface area contributed by atoms with Crippen LogP contribution in [0.25, 0.3) is 0 Å². The quantitative estimate of drug-likeness (QED) is 0.781. The first-order chi connectivity index (χ1) is 10.4. The number of likely N-dealkylation sites (N-methyl/N-ethyl adjacent to an activating group) is 1. The molecule has 6 nitrogen and oxygen atoms in total. The Bertz CT molecular complexity index is 407. The van der Waals surface area contributed by atoms with Gasteiger partial charge < -0.3 is 20.2 Å². The summed E-state index contributed by atoms with van der Waals surface area (Å²) in [4.78, 5) is 28.4. The van der Waals surface area contributed by atoms with Gasteiger partial charge in [0.15, 0.2) is 0 Å². The first-order valence-corrected chi connectivity index (χ1v) is 8.34. The summed E-state index contributed by atoms with van der Waals surface area (Å²) >= 11 is 0. The number of amides is 2. The van der Waals surface area contributed by atoms with E-state index < -0.39 is 5.60 Å². The lowest BCUT2D eigenvalue weighted by Gasteiger charge is -2.34. The number of hydrogen-bond acceptors (Lipinski definition) is 4. The fourth-order valence-corrected chi connectivity index (χ4v) is 3.55. The summed E-state index contributed by atoms with van der Waals surface area (Å²) in [5.74, 6) is -0.251. The molecule has 0 radical (unpaired) electrons. The highest BCUT2D eigenvalue weighted by Gasteiger charge is 2.35. The molecule has 0 aromatic carbocycles. The molecule has 1 heterocycles. The van der Waals surface area contributed by atoms with Crippen molar-refractivity contribution in [3.63, 3.8) is 0 Å². The van der Waals surface area contributed by atoms with Gasteiger partial charge in [-0.15, -0.1) is 0 Å². The Balaban J connectivity index is 1.99. The monoisotopic (exact) mass is 311 g/mol. The van der Waals surface area contributed by atoms with Gasteiger partial charge in [0.25, 0.3) is 0 Å². The van der Waals surface area contributed by atoms with Crippen LogP contribution in [0.1, 0.15) is 38.5 Å². The Morgan fingerprint density at radius 3 is 2.50 bits per heavy atom. The third-order valence-corrected chi connectivity index (χ3v) is 4.96. The molecule has 6 heteroatoms. The van der Waals surface area contributed by atoms with E-state index in [-0.39, 0.29) is 24.2 Å². The summed E-state index contributed by atoms with van der Waals surface area (Å²) in [5, 5.41) is 13.3. The van der Waals surface area contributed by atoms with Crippen molar-refractivity contribution in [2.24, 2.45) is 5.92 Å². The van der Waals surface area contributed by atoms with Gasteiger partial charge in [0.05, 0.1) is 17.9 Å². The summed E-state index contributed by atoms with van der Waals surface area (Å²) < 4.78 is 0. The molecule has 2 aliphatic rings. The van der Waals surface area contributed by atoms with Gasteiger partial charge in [0.1, 0.15) is 0 Å². The molecule has 0 aromatic rings. The molecule has 0 aromatic heterocycles. The highest BCUT2D eigenvalue weighted by atomic mass is 16.3. The van der Waals surface area contributed by atoms with Crippen LogP contribution in [0.4, 0.5) is 0 Å². The van der Waals surface area contributed by atoms with E-state index in [4.69, 9.17) is 0 Å². The number of carbonyl (C=O) groups excluding carboxylic acids is 2. The summed E-state index contributed by atoms with van der Waals surface area (Å²) in [5.41, 5.74) is -0.837. The van der Waals surface area contributed by atoms with Crippen molar-refractivity contribution in [1.29, 1.82) is 0 Å². The molecular weight excluding hydrogens is 282 g/mol. The van der Waals surface area contributed by atoms with Crippen molar-refractivity contribution in [3.8, 4) is 0 Å². The van der Waals surface area contributed by atoms with Gasteiger partial charge in [-0.25, -0.2) is 0 Å². The van der Waals surface area contributed by atoms with Crippen LogP contribution >= 0.6 is 0 Å². The van der Waals surface area contributed by atoms with Gasteiger partial charge in [-0.1, -0.05) is 19.3 Å². The second kappa shape index (κ2) is 7.42. The Morgan fingerprint density at radius 1 is 1.18 bits per heavy atom. The minimum atomic E-state index is -0.837. The molecule has 2 amide bonds. The molecule has 0 bridgehead atoms. The van der Waals surface area contributed by atoms with Gasteiger partial charge >= 0.3 is 0 Å². The highest BCUT2D eigenvalue weighted by Crippen LogP contribution is 2.31. The van der Waals surface area contributed by atoms with Crippen LogP contribution in [0.2, 0.25) is 0 Å². The van der Waals surface area contributed by atoms with E-state index in [0.717, 1.165) is 25.8 Å². The number of nitrogens with zero attached hydrogens (tertiary/aromatic N) is 2. The standard InChI is InChI=1S/C16H29N3O3/c1-17-15(21)13-11-18(2)8-9-19(12-13)14(20)10-16(22)6-4-3-5-7-16/h13,22H,3-12H2,1-2H3,(H,17,21)/t13-/m0/s1. The number of aliphatic hydroxyl groups is 1. The third kappa shape index (κ3) is 4.43. The predicted octanol–water partition coefficient (Wildman–Crippen LogP) is 0.208. The first kappa shape index (κ1) is 17.2. The third-order valence-electron chi connectivity index (χ3n) is 4.96. The fraction of sp³-hybridized carbons (Fsp3) is 0.875. The zero-order chi connectivity index (χ0) is 16.2. The van der Waals surface area contributed by atoms with Gasteiger partial charge in [0, 0.05) is 33.2 Å². The minimum Gasteiger partial charge on any atom is -0.389 e. The predicted molar refractivity (Wildman–Crippen MR) is 84.3 cm³/mol. The lowest BCUT2D eigenvalue weighted by atomic mass is 9.82. The van der Waals surface area contributed by atoms with Crippen LogP contribution < -0.4 is 5.32 Å². The highest BCUT2D eigenvalue weighted by molar-refractivity contribution is 5.81. The second-order valence-electron chi connectivity index (χ2n) is 6.87. The molecule has 2 fully saturated rings. The minimum absolute atomic E-state index is 0.0198. The largest absolute Gasteiger partial charge is 0.389 e. The Kier molecular flexibility index (Phi) is 5.81. The van der Waals surface area contributed by atoms with Crippen molar-refractivity contribution >= 4 is 11.8 Å². The average molecular weight is 311 g/mol. The number of rotatable bonds is 3. The molecule has 22 heavy (non-hydrogen) atoms. The van der Waals surface area contributed by atoms with E-state index in [9.17, 15) is 14.7 Å². The molecule has 1 aliphatic heterocycles. The number of hydrogen-bond donors (Lipinski definition) is 2. The summed E-state index contributed by atoms with van der Waals surface area (Å²) in [6.07, 6.45) is 4.75. The number of carbonyl (C=O) groups is 2. The van der Waals surface area contributed by atoms with Gasteiger partial charge in [0.2, 0.25) is 11.8 Å². The van der Waals surface area contributed by atoms with Crippen LogP contribution in [0, 0.1) is 5.92 Å². The lowest BCUT2D eigenvalue weighted by Crippen LogP contribution is -2.44. The zero-order valence-corrected chi connectivity index (χ0v) is 13.8. The van der Waals surface area contributed by atoms with Crippen molar-refractivity contribution < 1.29 is 14.7 Å². The van der Waals surface area contributed by atoms with Crippen molar-refractivity contribution in [2.45, 2.75) is 44.1 Å². The van der Waals surface area contributed by atoms with Gasteiger partial charge in [-0.3, -0.25) is 9.59 Å². The van der Waals surface area contributed by atoms with Crippen molar-refractivity contribution in [1.82, 2.24) is 15.1 Å². The van der Waals surface area contributed by atoms with Gasteiger partial charge in [-0.2, -0.15) is 0 Å². The van der Waals surface area contributed by atoms with Crippen LogP contribution in [-0.4, -0.2) is 72.6 Å². The molecule has 126 valence electrons. The summed E-state index contributed by atoms with van der Waals surface area (Å²) in [6.45, 7) is 2.49. The van der Waals surface area contributed by atoms with Crippen LogP contribution in [0.3, 0.4) is 0 Å². The topological polar surface area (TPSA) is 72.9 Å². The molecule has 1 atom stereocenters. The van der Waals surface area contributed by atoms with E-state index in [1.165, 1.54) is 0 Å². The first-order valence-electron chi connectivity index (χ1n) is 8.34. The molecule has 2 rings (SSSR count). The van der Waals surface area contributed by atoms with E-state index in [2.05, 4.69) is 10.2 Å². The zero-order valence-electron chi connectivity index (χ0n) is 13.8. The molecule has 1 aliphatic carbocycles. The number of nitrogens with one attached hydrogen (secondary N) is 1. The average Bonchev–Trinajstić information content (AvgIpc) is 2.68. The maximum Gasteiger partial charge on any atom is 0.225 e. The van der Waals surface area contributed by atoms with E-state index in [1.54, 1.807) is 11.9 Å². The molecular formula is C16H29N3O3. The molecule has 1 saturated carbocycles. The SMILES string of the molecule is CNC(=O)[C@H]1CN(C)CCN(C(=O)CC2(O)CCCCC2)C1. The Labute approximate surface area is 132 Å². The fourth-order valence-electron chi connectivity index (χ4n) is 3.55. The molecule has 2 N–H and O–H groups in total. The summed E-state index contributed by atoms with van der Waals surface area (Å²) in [7, 11) is 3.60. The molecule has 0 unspecified atom stereocenters. The maximum atomic E-state index is 12.6. The lowest BCUT2D eigenvalue weighted by molar-refractivity contribution is -0.138. The Hall–Kier alpha value is -1.14. The van der Waals surface area contributed by atoms with E-state index >= 15 is 0 Å². The molecule has 0 spiro atoms. The smallest absolute Gasteiger partial charge is 0.225 e. The Morgan fingerprint density at radius 2 is 1.86 bits per heavy atom. The maximum absolute atomic E-state index is 12.6.